The number of phenolic OH excluding ortho intramolecular Hbond substituents is 1. The molecule has 1 N–H and O–H groups in total. The van der Waals surface area contributed by atoms with Gasteiger partial charge in [0.2, 0.25) is 0 Å². The van der Waals surface area contributed by atoms with Crippen molar-refractivity contribution in [2.75, 3.05) is 40.6 Å². The van der Waals surface area contributed by atoms with E-state index in [-0.39, 0.29) is 44.5 Å². The molecule has 0 radical (unpaired) electrons. The third-order valence-electron chi connectivity index (χ3n) is 3.63. The molecule has 0 aliphatic carbocycles. The van der Waals surface area contributed by atoms with E-state index in [9.17, 15) is 14.7 Å². The Morgan fingerprint density at radius 3 is 2.50 bits per heavy atom. The number of rotatable bonds is 13. The lowest BCUT2D eigenvalue weighted by Gasteiger charge is -2.10. The van der Waals surface area contributed by atoms with E-state index in [1.165, 1.54) is 13.2 Å². The van der Waals surface area contributed by atoms with Crippen molar-refractivity contribution in [3.05, 3.63) is 29.8 Å². The van der Waals surface area contributed by atoms with Crippen molar-refractivity contribution in [1.29, 1.82) is 0 Å². The van der Waals surface area contributed by atoms with Crippen LogP contribution in [0.25, 0.3) is 6.08 Å². The van der Waals surface area contributed by atoms with Crippen molar-refractivity contribution in [2.45, 2.75) is 25.9 Å². The number of esters is 2. The van der Waals surface area contributed by atoms with Crippen LogP contribution in [0.3, 0.4) is 0 Å². The molecule has 0 heterocycles. The van der Waals surface area contributed by atoms with E-state index in [1.807, 2.05) is 6.92 Å². The Balaban J connectivity index is 2.15. The first-order valence-corrected chi connectivity index (χ1v) is 8.91. The van der Waals surface area contributed by atoms with Crippen LogP contribution in [0.2, 0.25) is 0 Å². The first kappa shape index (κ1) is 23.5. The Hall–Kier alpha value is -2.58. The van der Waals surface area contributed by atoms with Crippen LogP contribution >= 0.6 is 0 Å². The molecular formula is C20H28O8. The van der Waals surface area contributed by atoms with Gasteiger partial charge in [-0.1, -0.05) is 12.1 Å². The summed E-state index contributed by atoms with van der Waals surface area (Å²) < 4.78 is 25.3. The fourth-order valence-electron chi connectivity index (χ4n) is 2.00. The summed E-state index contributed by atoms with van der Waals surface area (Å²) in [6, 6.07) is 4.87. The summed E-state index contributed by atoms with van der Waals surface area (Å²) >= 11 is 0. The minimum absolute atomic E-state index is 0.0180. The molecular weight excluding hydrogens is 368 g/mol. The van der Waals surface area contributed by atoms with Gasteiger partial charge in [0.1, 0.15) is 13.2 Å². The van der Waals surface area contributed by atoms with Crippen molar-refractivity contribution in [3.8, 4) is 11.5 Å². The van der Waals surface area contributed by atoms with Crippen LogP contribution in [0.5, 0.6) is 11.5 Å². The Kier molecular flexibility index (Phi) is 11.4. The lowest BCUT2D eigenvalue weighted by Crippen LogP contribution is -2.17. The Labute approximate surface area is 165 Å². The number of ether oxygens (including phenoxy) is 5. The molecule has 1 unspecified atom stereocenters. The van der Waals surface area contributed by atoms with Gasteiger partial charge >= 0.3 is 11.9 Å². The molecule has 28 heavy (non-hydrogen) atoms. The van der Waals surface area contributed by atoms with E-state index in [2.05, 4.69) is 0 Å². The highest BCUT2D eigenvalue weighted by molar-refractivity contribution is 5.77. The Bertz CT molecular complexity index is 641. The third-order valence-corrected chi connectivity index (χ3v) is 3.63. The van der Waals surface area contributed by atoms with Gasteiger partial charge in [-0.25, -0.2) is 0 Å². The van der Waals surface area contributed by atoms with Crippen molar-refractivity contribution >= 4 is 18.0 Å². The van der Waals surface area contributed by atoms with Gasteiger partial charge < -0.3 is 28.8 Å². The molecule has 1 aromatic rings. The molecule has 0 saturated carbocycles. The SMILES string of the molecule is COc1cc(/C=C/COC(=O)CCC(=O)OCCOCC(C)OC)ccc1O. The minimum Gasteiger partial charge on any atom is -0.504 e. The first-order valence-electron chi connectivity index (χ1n) is 8.91. The summed E-state index contributed by atoms with van der Waals surface area (Å²) in [5, 5.41) is 9.53. The smallest absolute Gasteiger partial charge is 0.306 e. The molecule has 0 bridgehead atoms. The van der Waals surface area contributed by atoms with Crippen molar-refractivity contribution in [2.24, 2.45) is 0 Å². The number of benzene rings is 1. The highest BCUT2D eigenvalue weighted by Gasteiger charge is 2.09. The monoisotopic (exact) mass is 396 g/mol. The summed E-state index contributed by atoms with van der Waals surface area (Å²) in [6.45, 7) is 2.77. The average molecular weight is 396 g/mol. The maximum atomic E-state index is 11.6. The molecule has 8 nitrogen and oxygen atoms in total. The standard InChI is InChI=1S/C20H28O8/c1-15(24-2)14-26-11-12-28-20(23)9-8-19(22)27-10-4-5-16-6-7-17(21)18(13-16)25-3/h4-7,13,15,21H,8-12,14H2,1-3H3/b5-4+. The number of carbonyl (C=O) groups is 2. The number of phenols is 1. The summed E-state index contributed by atoms with van der Waals surface area (Å²) in [7, 11) is 3.05. The van der Waals surface area contributed by atoms with Crippen LogP contribution in [0.15, 0.2) is 24.3 Å². The number of hydrogen-bond acceptors (Lipinski definition) is 8. The second-order valence-electron chi connectivity index (χ2n) is 5.86. The van der Waals surface area contributed by atoms with Gasteiger partial charge in [-0.05, 0) is 30.7 Å². The Morgan fingerprint density at radius 1 is 1.11 bits per heavy atom. The number of methoxy groups -OCH3 is 2. The number of aromatic hydroxyl groups is 1. The van der Waals surface area contributed by atoms with Crippen molar-refractivity contribution < 1.29 is 38.4 Å². The highest BCUT2D eigenvalue weighted by Crippen LogP contribution is 2.26. The number of hydrogen-bond donors (Lipinski definition) is 1. The number of carbonyl (C=O) groups excluding carboxylic acids is 2. The second-order valence-corrected chi connectivity index (χ2v) is 5.86. The summed E-state index contributed by atoms with van der Waals surface area (Å²) in [5.74, 6) is -0.563. The molecule has 0 aromatic heterocycles. The normalized spacial score (nSPS) is 12.0. The summed E-state index contributed by atoms with van der Waals surface area (Å²) in [6.07, 6.45) is 3.26. The van der Waals surface area contributed by atoms with Crippen LogP contribution < -0.4 is 4.74 Å². The van der Waals surface area contributed by atoms with Crippen LogP contribution in [0.4, 0.5) is 0 Å². The van der Waals surface area contributed by atoms with Crippen LogP contribution in [0, 0.1) is 0 Å². The molecule has 1 atom stereocenters. The molecule has 0 fully saturated rings. The predicted octanol–water partition coefficient (Wildman–Crippen LogP) is 2.33. The molecule has 0 saturated heterocycles. The summed E-state index contributed by atoms with van der Waals surface area (Å²) in [4.78, 5) is 23.2. The molecule has 8 heteroatoms. The fourth-order valence-corrected chi connectivity index (χ4v) is 2.00. The molecule has 0 spiro atoms. The van der Waals surface area contributed by atoms with E-state index in [1.54, 1.807) is 31.4 Å². The maximum absolute atomic E-state index is 11.6. The predicted molar refractivity (Wildman–Crippen MR) is 102 cm³/mol. The average Bonchev–Trinajstić information content (AvgIpc) is 2.70. The lowest BCUT2D eigenvalue weighted by atomic mass is 10.2. The summed E-state index contributed by atoms with van der Waals surface area (Å²) in [5.41, 5.74) is 0.788. The fraction of sp³-hybridized carbons (Fsp3) is 0.500. The molecule has 1 aromatic carbocycles. The third kappa shape index (κ3) is 9.94. The zero-order chi connectivity index (χ0) is 20.8. The molecule has 156 valence electrons. The quantitative estimate of drug-likeness (QED) is 0.401. The molecule has 0 aliphatic rings. The van der Waals surface area contributed by atoms with Crippen molar-refractivity contribution in [1.82, 2.24) is 0 Å². The largest absolute Gasteiger partial charge is 0.504 e. The van der Waals surface area contributed by atoms with E-state index >= 15 is 0 Å². The van der Waals surface area contributed by atoms with Crippen LogP contribution in [-0.4, -0.2) is 63.8 Å². The van der Waals surface area contributed by atoms with Gasteiger partial charge in [0.15, 0.2) is 11.5 Å². The Morgan fingerprint density at radius 2 is 1.82 bits per heavy atom. The van der Waals surface area contributed by atoms with Gasteiger partial charge in [0.05, 0.1) is 39.3 Å². The zero-order valence-corrected chi connectivity index (χ0v) is 16.5. The first-order chi connectivity index (χ1) is 13.5. The van der Waals surface area contributed by atoms with Gasteiger partial charge in [0.25, 0.3) is 0 Å². The maximum Gasteiger partial charge on any atom is 0.306 e. The van der Waals surface area contributed by atoms with E-state index in [0.29, 0.717) is 12.4 Å². The van der Waals surface area contributed by atoms with Crippen molar-refractivity contribution in [3.63, 3.8) is 0 Å². The molecule has 0 amide bonds. The van der Waals surface area contributed by atoms with Gasteiger partial charge in [-0.15, -0.1) is 0 Å². The lowest BCUT2D eigenvalue weighted by molar-refractivity contribution is -0.150. The van der Waals surface area contributed by atoms with E-state index in [4.69, 9.17) is 23.7 Å². The highest BCUT2D eigenvalue weighted by atomic mass is 16.6. The topological polar surface area (TPSA) is 101 Å². The second kappa shape index (κ2) is 13.6. The van der Waals surface area contributed by atoms with Crippen LogP contribution in [-0.2, 0) is 28.5 Å². The minimum atomic E-state index is -0.491. The van der Waals surface area contributed by atoms with Gasteiger partial charge in [0, 0.05) is 7.11 Å². The van der Waals surface area contributed by atoms with Gasteiger partial charge in [-0.3, -0.25) is 9.59 Å². The van der Waals surface area contributed by atoms with E-state index < -0.39 is 11.9 Å². The molecule has 1 rings (SSSR count). The zero-order valence-electron chi connectivity index (χ0n) is 16.5. The van der Waals surface area contributed by atoms with Gasteiger partial charge in [-0.2, -0.15) is 0 Å². The van der Waals surface area contributed by atoms with E-state index in [0.717, 1.165) is 5.56 Å². The molecule has 0 aliphatic heterocycles. The van der Waals surface area contributed by atoms with Crippen LogP contribution in [0.1, 0.15) is 25.3 Å².